The van der Waals surface area contributed by atoms with Crippen molar-refractivity contribution in [2.24, 2.45) is 5.10 Å². The molecule has 1 heterocycles. The first-order valence-electron chi connectivity index (χ1n) is 8.99. The van der Waals surface area contributed by atoms with E-state index < -0.39 is 21.3 Å². The molecular formula is C22H18F2N2O2S. The van der Waals surface area contributed by atoms with Crippen LogP contribution in [-0.4, -0.2) is 25.1 Å². The molecule has 3 aromatic rings. The molecule has 0 aromatic heterocycles. The summed E-state index contributed by atoms with van der Waals surface area (Å²) in [6.07, 6.45) is 0. The van der Waals surface area contributed by atoms with E-state index in [0.717, 1.165) is 22.1 Å². The molecule has 0 spiro atoms. The monoisotopic (exact) mass is 412 g/mol. The van der Waals surface area contributed by atoms with Crippen molar-refractivity contribution in [2.75, 3.05) is 6.54 Å². The summed E-state index contributed by atoms with van der Waals surface area (Å²) in [5.74, 6) is -0.903. The van der Waals surface area contributed by atoms with Gasteiger partial charge in [0.1, 0.15) is 11.6 Å². The number of hydrogen-bond acceptors (Lipinski definition) is 3. The topological polar surface area (TPSA) is 49.7 Å². The van der Waals surface area contributed by atoms with E-state index in [1.54, 1.807) is 12.1 Å². The zero-order valence-electron chi connectivity index (χ0n) is 15.6. The van der Waals surface area contributed by atoms with E-state index in [1.807, 2.05) is 37.3 Å². The predicted octanol–water partition coefficient (Wildman–Crippen LogP) is 4.33. The summed E-state index contributed by atoms with van der Waals surface area (Å²) >= 11 is 0. The molecule has 0 saturated carbocycles. The van der Waals surface area contributed by atoms with Crippen LogP contribution in [0.15, 0.2) is 88.9 Å². The molecule has 4 nitrogen and oxygen atoms in total. The first-order valence-corrected chi connectivity index (χ1v) is 10.4. The molecule has 1 unspecified atom stereocenters. The highest BCUT2D eigenvalue weighted by atomic mass is 32.2. The number of sulfonamides is 1. The Balaban J connectivity index is 1.83. The number of halogens is 2. The number of hydrazone groups is 1. The number of benzene rings is 3. The van der Waals surface area contributed by atoms with Crippen molar-refractivity contribution in [1.82, 2.24) is 4.41 Å². The van der Waals surface area contributed by atoms with Gasteiger partial charge in [0.2, 0.25) is 0 Å². The van der Waals surface area contributed by atoms with Crippen molar-refractivity contribution < 1.29 is 17.2 Å². The molecule has 0 aliphatic carbocycles. The lowest BCUT2D eigenvalue weighted by Crippen LogP contribution is -2.37. The van der Waals surface area contributed by atoms with Crippen LogP contribution in [0.1, 0.15) is 18.1 Å². The van der Waals surface area contributed by atoms with E-state index in [2.05, 4.69) is 5.10 Å². The summed E-state index contributed by atoms with van der Waals surface area (Å²) in [6.45, 7) is 1.98. The van der Waals surface area contributed by atoms with Crippen LogP contribution in [0.25, 0.3) is 0 Å². The van der Waals surface area contributed by atoms with E-state index >= 15 is 0 Å². The zero-order valence-corrected chi connectivity index (χ0v) is 16.4. The lowest BCUT2D eigenvalue weighted by Gasteiger charge is -2.27. The van der Waals surface area contributed by atoms with Crippen LogP contribution in [0.4, 0.5) is 8.78 Å². The third-order valence-corrected chi connectivity index (χ3v) is 6.74. The summed E-state index contributed by atoms with van der Waals surface area (Å²) in [6, 6.07) is 19.9. The third kappa shape index (κ3) is 3.42. The Morgan fingerprint density at radius 1 is 0.862 bits per heavy atom. The number of rotatable bonds is 4. The fraction of sp³-hybridized carbons (Fsp3) is 0.136. The Kier molecular flexibility index (Phi) is 4.70. The molecule has 0 N–H and O–H groups in total. The molecule has 1 aliphatic heterocycles. The van der Waals surface area contributed by atoms with Crippen molar-refractivity contribution in [1.29, 1.82) is 0 Å². The Morgan fingerprint density at radius 2 is 1.41 bits per heavy atom. The molecule has 1 aliphatic rings. The van der Waals surface area contributed by atoms with E-state index in [9.17, 15) is 17.2 Å². The maximum atomic E-state index is 13.4. The highest BCUT2D eigenvalue weighted by Gasteiger charge is 2.44. The second-order valence-electron chi connectivity index (χ2n) is 7.09. The summed E-state index contributed by atoms with van der Waals surface area (Å²) < 4.78 is 54.0. The van der Waals surface area contributed by atoms with Gasteiger partial charge >= 0.3 is 0 Å². The fourth-order valence-corrected chi connectivity index (χ4v) is 4.83. The van der Waals surface area contributed by atoms with Gasteiger partial charge in [-0.05, 0) is 54.4 Å². The zero-order chi connectivity index (χ0) is 20.6. The van der Waals surface area contributed by atoms with Crippen LogP contribution in [0, 0.1) is 11.6 Å². The van der Waals surface area contributed by atoms with Gasteiger partial charge in [0, 0.05) is 0 Å². The van der Waals surface area contributed by atoms with Crippen molar-refractivity contribution >= 4 is 15.7 Å². The van der Waals surface area contributed by atoms with Crippen molar-refractivity contribution in [2.45, 2.75) is 17.2 Å². The highest BCUT2D eigenvalue weighted by Crippen LogP contribution is 2.37. The molecule has 3 aromatic carbocycles. The summed E-state index contributed by atoms with van der Waals surface area (Å²) in [5, 5.41) is 4.43. The number of nitrogens with zero attached hydrogens (tertiary/aromatic N) is 2. The van der Waals surface area contributed by atoms with Gasteiger partial charge in [-0.25, -0.2) is 8.78 Å². The van der Waals surface area contributed by atoms with Gasteiger partial charge in [0.05, 0.1) is 22.6 Å². The van der Waals surface area contributed by atoms with E-state index in [4.69, 9.17) is 0 Å². The third-order valence-electron chi connectivity index (χ3n) is 5.10. The molecule has 1 atom stereocenters. The summed E-state index contributed by atoms with van der Waals surface area (Å²) in [7, 11) is -3.98. The van der Waals surface area contributed by atoms with Crippen LogP contribution in [0.2, 0.25) is 0 Å². The molecule has 0 fully saturated rings. The average molecular weight is 412 g/mol. The van der Waals surface area contributed by atoms with Gasteiger partial charge < -0.3 is 0 Å². The average Bonchev–Trinajstić information content (AvgIpc) is 3.09. The lowest BCUT2D eigenvalue weighted by atomic mass is 9.76. The van der Waals surface area contributed by atoms with Crippen LogP contribution < -0.4 is 0 Å². The standard InChI is InChI=1S/C22H18F2N2O2S/c1-22(17-5-3-2-4-6-17)15-26(25-21(22)16-7-9-18(23)10-8-16)29(27,28)20-13-11-19(24)12-14-20/h2-14H,15H2,1H3. The first-order chi connectivity index (χ1) is 13.8. The quantitative estimate of drug-likeness (QED) is 0.640. The van der Waals surface area contributed by atoms with Crippen LogP contribution in [0.5, 0.6) is 0 Å². The maximum absolute atomic E-state index is 13.4. The maximum Gasteiger partial charge on any atom is 0.279 e. The Bertz CT molecular complexity index is 1160. The largest absolute Gasteiger partial charge is 0.279 e. The molecule has 148 valence electrons. The SMILES string of the molecule is CC1(c2ccccc2)CN(S(=O)(=O)c2ccc(F)cc2)N=C1c1ccc(F)cc1. The van der Waals surface area contributed by atoms with Gasteiger partial charge in [0.15, 0.2) is 0 Å². The summed E-state index contributed by atoms with van der Waals surface area (Å²) in [4.78, 5) is -0.0431. The molecule has 0 bridgehead atoms. The molecule has 0 saturated heterocycles. The molecule has 0 radical (unpaired) electrons. The van der Waals surface area contributed by atoms with Gasteiger partial charge in [-0.2, -0.15) is 17.9 Å². The second-order valence-corrected chi connectivity index (χ2v) is 8.94. The minimum atomic E-state index is -3.98. The lowest BCUT2D eigenvalue weighted by molar-refractivity contribution is 0.418. The van der Waals surface area contributed by atoms with E-state index in [-0.39, 0.29) is 17.3 Å². The van der Waals surface area contributed by atoms with Gasteiger partial charge in [-0.3, -0.25) is 0 Å². The summed E-state index contributed by atoms with van der Waals surface area (Å²) in [5.41, 5.74) is 1.30. The van der Waals surface area contributed by atoms with Crippen molar-refractivity contribution in [3.05, 3.63) is 102 Å². The smallest absolute Gasteiger partial charge is 0.207 e. The first kappa shape index (κ1) is 19.3. The van der Waals surface area contributed by atoms with Crippen LogP contribution >= 0.6 is 0 Å². The molecule has 29 heavy (non-hydrogen) atoms. The highest BCUT2D eigenvalue weighted by molar-refractivity contribution is 7.89. The van der Waals surface area contributed by atoms with Crippen LogP contribution in [-0.2, 0) is 15.4 Å². The molecule has 4 rings (SSSR count). The number of hydrogen-bond donors (Lipinski definition) is 0. The molecule has 7 heteroatoms. The minimum Gasteiger partial charge on any atom is -0.207 e. The van der Waals surface area contributed by atoms with Crippen molar-refractivity contribution in [3.63, 3.8) is 0 Å². The Morgan fingerprint density at radius 3 is 2.00 bits per heavy atom. The molecule has 0 amide bonds. The van der Waals surface area contributed by atoms with Gasteiger partial charge in [-0.1, -0.05) is 42.5 Å². The second kappa shape index (κ2) is 7.08. The van der Waals surface area contributed by atoms with Crippen LogP contribution in [0.3, 0.4) is 0 Å². The predicted molar refractivity (Wildman–Crippen MR) is 107 cm³/mol. The Labute approximate surface area is 168 Å². The van der Waals surface area contributed by atoms with Gasteiger partial charge in [0.25, 0.3) is 10.0 Å². The van der Waals surface area contributed by atoms with Crippen molar-refractivity contribution in [3.8, 4) is 0 Å². The Hall–Kier alpha value is -3.06. The fourth-order valence-electron chi connectivity index (χ4n) is 3.49. The minimum absolute atomic E-state index is 0.0431. The molecular weight excluding hydrogens is 394 g/mol. The normalized spacial score (nSPS) is 19.3. The van der Waals surface area contributed by atoms with E-state index in [1.165, 1.54) is 24.3 Å². The van der Waals surface area contributed by atoms with E-state index in [0.29, 0.717) is 11.3 Å². The van der Waals surface area contributed by atoms with Gasteiger partial charge in [-0.15, -0.1) is 0 Å².